The fourth-order valence-corrected chi connectivity index (χ4v) is 2.90. The summed E-state index contributed by atoms with van der Waals surface area (Å²) in [6.07, 6.45) is 20.0. The molecule has 4 rings (SSSR count). The molecule has 0 spiro atoms. The molecule has 174 valence electrons. The van der Waals surface area contributed by atoms with Crippen LogP contribution < -0.4 is 0 Å². The van der Waals surface area contributed by atoms with Crippen molar-refractivity contribution in [1.82, 2.24) is 0 Å². The average Bonchev–Trinajstić information content (AvgIpc) is 3.46. The molecule has 0 unspecified atom stereocenters. The van der Waals surface area contributed by atoms with E-state index in [4.69, 9.17) is 0 Å². The fraction of sp³-hybridized carbons (Fsp3) is 0.333. The van der Waals surface area contributed by atoms with Gasteiger partial charge in [-0.15, -0.1) is 12.8 Å². The SMILES string of the molecule is CC(C)(C)c1ccccc1O.CC(C)(C)c1ccccc1O.[C-]1=CC=CC1.[C-]1=CC=CC1.[Zr+2]. The summed E-state index contributed by atoms with van der Waals surface area (Å²) >= 11 is 0. The Morgan fingerprint density at radius 3 is 1.09 bits per heavy atom. The molecular formula is C30H38O2Zr. The van der Waals surface area contributed by atoms with Crippen LogP contribution in [0.3, 0.4) is 0 Å². The molecular weight excluding hydrogens is 484 g/mol. The number of hydrogen-bond acceptors (Lipinski definition) is 2. The van der Waals surface area contributed by atoms with Crippen LogP contribution in [0.15, 0.2) is 85.0 Å². The third-order valence-electron chi connectivity index (χ3n) is 4.60. The van der Waals surface area contributed by atoms with Crippen LogP contribution in [0.4, 0.5) is 0 Å². The maximum atomic E-state index is 9.45. The van der Waals surface area contributed by atoms with Gasteiger partial charge in [-0.05, 0) is 34.1 Å². The van der Waals surface area contributed by atoms with E-state index in [0.29, 0.717) is 11.5 Å². The Hall–Kier alpha value is -2.12. The van der Waals surface area contributed by atoms with E-state index in [1.54, 1.807) is 12.1 Å². The monoisotopic (exact) mass is 520 g/mol. The van der Waals surface area contributed by atoms with Gasteiger partial charge in [0.05, 0.1) is 0 Å². The predicted molar refractivity (Wildman–Crippen MR) is 137 cm³/mol. The number of phenols is 2. The van der Waals surface area contributed by atoms with Crippen LogP contribution in [0.25, 0.3) is 0 Å². The Balaban J connectivity index is 0.000000434. The summed E-state index contributed by atoms with van der Waals surface area (Å²) < 4.78 is 0. The molecule has 0 heterocycles. The first-order chi connectivity index (χ1) is 15.0. The van der Waals surface area contributed by atoms with E-state index in [1.165, 1.54) is 0 Å². The topological polar surface area (TPSA) is 40.5 Å². The number of phenolic OH excluding ortho intramolecular Hbond substituents is 2. The maximum absolute atomic E-state index is 9.45. The van der Waals surface area contributed by atoms with E-state index in [0.717, 1.165) is 24.0 Å². The number of aromatic hydroxyl groups is 2. The third kappa shape index (κ3) is 13.2. The molecule has 0 bridgehead atoms. The van der Waals surface area contributed by atoms with Crippen LogP contribution in [-0.2, 0) is 37.0 Å². The van der Waals surface area contributed by atoms with E-state index >= 15 is 0 Å². The molecule has 2 aliphatic rings. The van der Waals surface area contributed by atoms with Crippen molar-refractivity contribution in [2.45, 2.75) is 65.2 Å². The molecule has 2 nitrogen and oxygen atoms in total. The van der Waals surface area contributed by atoms with Crippen molar-refractivity contribution < 1.29 is 36.4 Å². The van der Waals surface area contributed by atoms with Crippen LogP contribution in [0.1, 0.15) is 65.5 Å². The van der Waals surface area contributed by atoms with Crippen LogP contribution in [0.5, 0.6) is 11.5 Å². The normalized spacial score (nSPS) is 13.0. The molecule has 2 aromatic rings. The molecule has 0 aromatic heterocycles. The van der Waals surface area contributed by atoms with Gasteiger partial charge >= 0.3 is 26.2 Å². The number of rotatable bonds is 0. The van der Waals surface area contributed by atoms with E-state index in [9.17, 15) is 10.2 Å². The second-order valence-electron chi connectivity index (χ2n) is 9.54. The Labute approximate surface area is 220 Å². The van der Waals surface area contributed by atoms with Crippen LogP contribution in [0, 0.1) is 12.2 Å². The molecule has 0 atom stereocenters. The fourth-order valence-electron chi connectivity index (χ4n) is 2.90. The molecule has 0 radical (unpaired) electrons. The summed E-state index contributed by atoms with van der Waals surface area (Å²) in [5, 5.41) is 18.9. The molecule has 0 saturated carbocycles. The first kappa shape index (κ1) is 30.9. The zero-order valence-corrected chi connectivity index (χ0v) is 23.3. The standard InChI is InChI=1S/2C10H14O.2C5H5.Zr/c2*1-10(2,3)8-6-4-5-7-9(8)11;2*1-2-4-5-3-1;/h2*4-7,11H,1-3H3;2*1-3H,4H2;/q;;2*-1;+2. The van der Waals surface area contributed by atoms with Gasteiger partial charge in [0, 0.05) is 0 Å². The molecule has 0 aliphatic heterocycles. The number of allylic oxidation sites excluding steroid dienone is 8. The maximum Gasteiger partial charge on any atom is 2.00 e. The Bertz CT molecular complexity index is 825. The van der Waals surface area contributed by atoms with Crippen LogP contribution in [0.2, 0.25) is 0 Å². The summed E-state index contributed by atoms with van der Waals surface area (Å²) in [6.45, 7) is 12.5. The third-order valence-corrected chi connectivity index (χ3v) is 4.60. The van der Waals surface area contributed by atoms with Crippen molar-refractivity contribution in [3.63, 3.8) is 0 Å². The van der Waals surface area contributed by atoms with Crippen molar-refractivity contribution in [3.8, 4) is 11.5 Å². The van der Waals surface area contributed by atoms with Gasteiger partial charge in [0.15, 0.2) is 0 Å². The molecule has 2 aliphatic carbocycles. The molecule has 3 heteroatoms. The van der Waals surface area contributed by atoms with Crippen LogP contribution >= 0.6 is 0 Å². The van der Waals surface area contributed by atoms with Crippen molar-refractivity contribution in [2.24, 2.45) is 0 Å². The summed E-state index contributed by atoms with van der Waals surface area (Å²) in [5.74, 6) is 0.778. The van der Waals surface area contributed by atoms with Gasteiger partial charge in [-0.25, -0.2) is 24.3 Å². The van der Waals surface area contributed by atoms with E-state index < -0.39 is 0 Å². The van der Waals surface area contributed by atoms with Gasteiger partial charge < -0.3 is 10.2 Å². The molecule has 0 amide bonds. The minimum absolute atomic E-state index is 0. The summed E-state index contributed by atoms with van der Waals surface area (Å²) in [7, 11) is 0. The van der Waals surface area contributed by atoms with Crippen molar-refractivity contribution in [2.75, 3.05) is 0 Å². The smallest absolute Gasteiger partial charge is 0.508 e. The molecule has 0 fully saturated rings. The Morgan fingerprint density at radius 1 is 0.606 bits per heavy atom. The van der Waals surface area contributed by atoms with Gasteiger partial charge in [-0.3, -0.25) is 12.2 Å². The Morgan fingerprint density at radius 2 is 0.939 bits per heavy atom. The van der Waals surface area contributed by atoms with Gasteiger partial charge in [0.25, 0.3) is 0 Å². The zero-order chi connectivity index (χ0) is 24.0. The summed E-state index contributed by atoms with van der Waals surface area (Å²) in [4.78, 5) is 0. The second kappa shape index (κ2) is 15.7. The average molecular weight is 522 g/mol. The van der Waals surface area contributed by atoms with Gasteiger partial charge in [-0.1, -0.05) is 77.9 Å². The van der Waals surface area contributed by atoms with Gasteiger partial charge in [0.2, 0.25) is 0 Å². The molecule has 0 saturated heterocycles. The number of para-hydroxylation sites is 2. The summed E-state index contributed by atoms with van der Waals surface area (Å²) in [5.41, 5.74) is 2.07. The Kier molecular flexibility index (Phi) is 14.7. The second-order valence-corrected chi connectivity index (χ2v) is 9.54. The number of benzene rings is 2. The minimum Gasteiger partial charge on any atom is -0.508 e. The first-order valence-corrected chi connectivity index (χ1v) is 11.0. The zero-order valence-electron chi connectivity index (χ0n) is 20.9. The predicted octanol–water partition coefficient (Wildman–Crippen LogP) is 7.99. The van der Waals surface area contributed by atoms with Crippen molar-refractivity contribution in [3.05, 3.63) is 108 Å². The van der Waals surface area contributed by atoms with Crippen LogP contribution in [-0.4, -0.2) is 10.2 Å². The van der Waals surface area contributed by atoms with Gasteiger partial charge in [-0.2, -0.15) is 12.2 Å². The van der Waals surface area contributed by atoms with E-state index in [2.05, 4.69) is 65.8 Å². The quantitative estimate of drug-likeness (QED) is 0.345. The molecule has 2 N–H and O–H groups in total. The first-order valence-electron chi connectivity index (χ1n) is 11.0. The molecule has 33 heavy (non-hydrogen) atoms. The summed E-state index contributed by atoms with van der Waals surface area (Å²) in [6, 6.07) is 14.9. The van der Waals surface area contributed by atoms with Crippen molar-refractivity contribution >= 4 is 0 Å². The van der Waals surface area contributed by atoms with Crippen molar-refractivity contribution in [1.29, 1.82) is 0 Å². The van der Waals surface area contributed by atoms with E-state index in [1.807, 2.05) is 60.7 Å². The number of hydrogen-bond donors (Lipinski definition) is 2. The van der Waals surface area contributed by atoms with E-state index in [-0.39, 0.29) is 37.0 Å². The largest absolute Gasteiger partial charge is 2.00 e. The van der Waals surface area contributed by atoms with Gasteiger partial charge in [0.1, 0.15) is 11.5 Å². The minimum atomic E-state index is 0. The molecule has 2 aromatic carbocycles.